The van der Waals surface area contributed by atoms with E-state index in [1.807, 2.05) is 24.3 Å². The van der Waals surface area contributed by atoms with Crippen LogP contribution in [0.15, 0.2) is 36.0 Å². The molecule has 136 valence electrons. The van der Waals surface area contributed by atoms with Gasteiger partial charge in [0.25, 0.3) is 0 Å². The number of hydrogen-bond donors (Lipinski definition) is 1. The molecule has 7 nitrogen and oxygen atoms in total. The van der Waals surface area contributed by atoms with Crippen molar-refractivity contribution >= 4 is 23.3 Å². The van der Waals surface area contributed by atoms with Crippen molar-refractivity contribution in [3.8, 4) is 0 Å². The van der Waals surface area contributed by atoms with E-state index < -0.39 is 11.9 Å². The van der Waals surface area contributed by atoms with E-state index in [1.165, 1.54) is 14.2 Å². The van der Waals surface area contributed by atoms with Gasteiger partial charge in [-0.2, -0.15) is 0 Å². The van der Waals surface area contributed by atoms with E-state index in [0.29, 0.717) is 11.8 Å². The molecule has 1 aliphatic heterocycles. The topological polar surface area (TPSA) is 77.1 Å². The molecule has 0 radical (unpaired) electrons. The normalized spacial score (nSPS) is 15.6. The Bertz CT molecular complexity index is 619. The molecule has 2 rings (SSSR count). The first kappa shape index (κ1) is 18.8. The Labute approximate surface area is 147 Å². The molecule has 1 heterocycles. The molecule has 25 heavy (non-hydrogen) atoms. The Balaban J connectivity index is 2.04. The van der Waals surface area contributed by atoms with Crippen molar-refractivity contribution in [3.63, 3.8) is 0 Å². The second-order valence-electron chi connectivity index (χ2n) is 5.67. The SMILES string of the molecule is COC(=O)/C=C(/Nc1ccc(N2CCC(OC)CC2)cc1)C(=O)OC. The predicted molar refractivity (Wildman–Crippen MR) is 94.4 cm³/mol. The van der Waals surface area contributed by atoms with Crippen LogP contribution in [0.5, 0.6) is 0 Å². The number of esters is 2. The quantitative estimate of drug-likeness (QED) is 0.622. The van der Waals surface area contributed by atoms with Crippen molar-refractivity contribution in [1.29, 1.82) is 0 Å². The molecule has 0 saturated carbocycles. The van der Waals surface area contributed by atoms with Crippen LogP contribution in [0.1, 0.15) is 12.8 Å². The second-order valence-corrected chi connectivity index (χ2v) is 5.67. The molecule has 0 aromatic heterocycles. The molecule has 0 aliphatic carbocycles. The van der Waals surface area contributed by atoms with Crippen LogP contribution >= 0.6 is 0 Å². The lowest BCUT2D eigenvalue weighted by atomic mass is 10.1. The lowest BCUT2D eigenvalue weighted by Gasteiger charge is -2.33. The average molecular weight is 348 g/mol. The number of methoxy groups -OCH3 is 3. The smallest absolute Gasteiger partial charge is 0.354 e. The highest BCUT2D eigenvalue weighted by molar-refractivity contribution is 5.98. The highest BCUT2D eigenvalue weighted by Crippen LogP contribution is 2.23. The third kappa shape index (κ3) is 5.22. The Morgan fingerprint density at radius 2 is 1.72 bits per heavy atom. The summed E-state index contributed by atoms with van der Waals surface area (Å²) in [5.41, 5.74) is 1.80. The molecule has 1 fully saturated rings. The van der Waals surface area contributed by atoms with Gasteiger partial charge in [0.05, 0.1) is 26.4 Å². The number of nitrogens with zero attached hydrogens (tertiary/aromatic N) is 1. The summed E-state index contributed by atoms with van der Waals surface area (Å²) < 4.78 is 14.6. The summed E-state index contributed by atoms with van der Waals surface area (Å²) in [6, 6.07) is 7.66. The first-order chi connectivity index (χ1) is 12.1. The average Bonchev–Trinajstić information content (AvgIpc) is 2.67. The van der Waals surface area contributed by atoms with Crippen LogP contribution in [-0.2, 0) is 23.8 Å². The monoisotopic (exact) mass is 348 g/mol. The van der Waals surface area contributed by atoms with E-state index in [1.54, 1.807) is 7.11 Å². The zero-order valence-electron chi connectivity index (χ0n) is 14.8. The lowest BCUT2D eigenvalue weighted by molar-refractivity contribution is -0.138. The number of carbonyl (C=O) groups is 2. The molecule has 0 amide bonds. The number of hydrogen-bond acceptors (Lipinski definition) is 7. The zero-order valence-corrected chi connectivity index (χ0v) is 14.8. The van der Waals surface area contributed by atoms with Crippen molar-refractivity contribution < 1.29 is 23.8 Å². The summed E-state index contributed by atoms with van der Waals surface area (Å²) in [6.07, 6.45) is 3.41. The van der Waals surface area contributed by atoms with Crippen LogP contribution < -0.4 is 10.2 Å². The summed E-state index contributed by atoms with van der Waals surface area (Å²) in [5, 5.41) is 2.89. The number of benzene rings is 1. The third-order valence-corrected chi connectivity index (χ3v) is 4.16. The summed E-state index contributed by atoms with van der Waals surface area (Å²) >= 11 is 0. The van der Waals surface area contributed by atoms with Crippen LogP contribution in [0.25, 0.3) is 0 Å². The van der Waals surface area contributed by atoms with Gasteiger partial charge in [0.15, 0.2) is 0 Å². The van der Waals surface area contributed by atoms with Crippen LogP contribution in [0.4, 0.5) is 11.4 Å². The van der Waals surface area contributed by atoms with Crippen molar-refractivity contribution in [1.82, 2.24) is 0 Å². The van der Waals surface area contributed by atoms with Crippen LogP contribution in [0.3, 0.4) is 0 Å². The van der Waals surface area contributed by atoms with E-state index in [-0.39, 0.29) is 5.70 Å². The van der Waals surface area contributed by atoms with Gasteiger partial charge in [-0.05, 0) is 37.1 Å². The number of rotatable bonds is 6. The van der Waals surface area contributed by atoms with Gasteiger partial charge in [-0.1, -0.05) is 0 Å². The van der Waals surface area contributed by atoms with Crippen molar-refractivity contribution in [2.75, 3.05) is 44.6 Å². The van der Waals surface area contributed by atoms with Gasteiger partial charge in [0.1, 0.15) is 5.70 Å². The number of anilines is 2. The van der Waals surface area contributed by atoms with Gasteiger partial charge in [-0.3, -0.25) is 0 Å². The maximum atomic E-state index is 11.8. The van der Waals surface area contributed by atoms with Crippen LogP contribution in [0.2, 0.25) is 0 Å². The summed E-state index contributed by atoms with van der Waals surface area (Å²) in [5.74, 6) is -1.28. The van der Waals surface area contributed by atoms with Gasteiger partial charge in [0.2, 0.25) is 0 Å². The molecule has 1 aliphatic rings. The van der Waals surface area contributed by atoms with Gasteiger partial charge in [-0.25, -0.2) is 9.59 Å². The largest absolute Gasteiger partial charge is 0.466 e. The van der Waals surface area contributed by atoms with Crippen molar-refractivity contribution in [3.05, 3.63) is 36.0 Å². The van der Waals surface area contributed by atoms with E-state index in [4.69, 9.17) is 4.74 Å². The highest BCUT2D eigenvalue weighted by Gasteiger charge is 2.19. The van der Waals surface area contributed by atoms with E-state index in [0.717, 1.165) is 37.7 Å². The van der Waals surface area contributed by atoms with Gasteiger partial charge >= 0.3 is 11.9 Å². The third-order valence-electron chi connectivity index (χ3n) is 4.16. The number of nitrogens with one attached hydrogen (secondary N) is 1. The van der Waals surface area contributed by atoms with Crippen LogP contribution in [-0.4, -0.2) is 52.5 Å². The van der Waals surface area contributed by atoms with Gasteiger partial charge in [0, 0.05) is 31.6 Å². The Hall–Kier alpha value is -2.54. The first-order valence-corrected chi connectivity index (χ1v) is 8.10. The minimum absolute atomic E-state index is 0.0167. The molecular formula is C18H24N2O5. The summed E-state index contributed by atoms with van der Waals surface area (Å²) in [7, 11) is 4.25. The molecule has 1 aromatic carbocycles. The number of carbonyl (C=O) groups excluding carboxylic acids is 2. The fourth-order valence-electron chi connectivity index (χ4n) is 2.69. The van der Waals surface area contributed by atoms with E-state index in [9.17, 15) is 9.59 Å². The molecule has 1 aromatic rings. The Kier molecular flexibility index (Phi) is 6.82. The lowest BCUT2D eigenvalue weighted by Crippen LogP contribution is -2.36. The van der Waals surface area contributed by atoms with E-state index in [2.05, 4.69) is 19.7 Å². The molecule has 0 unspecified atom stereocenters. The molecule has 0 atom stereocenters. The number of ether oxygens (including phenoxy) is 3. The second kappa shape index (κ2) is 9.08. The predicted octanol–water partition coefficient (Wildman–Crippen LogP) is 1.94. The highest BCUT2D eigenvalue weighted by atomic mass is 16.5. The van der Waals surface area contributed by atoms with Crippen LogP contribution in [0, 0.1) is 0 Å². The molecule has 1 saturated heterocycles. The van der Waals surface area contributed by atoms with Crippen molar-refractivity contribution in [2.45, 2.75) is 18.9 Å². The standard InChI is InChI=1S/C18H24N2O5/c1-23-15-8-10-20(11-9-15)14-6-4-13(5-7-14)19-16(18(22)25-3)12-17(21)24-2/h4-7,12,15,19H,8-11H2,1-3H3/b16-12+. The Morgan fingerprint density at radius 1 is 1.08 bits per heavy atom. The van der Waals surface area contributed by atoms with Crippen molar-refractivity contribution in [2.24, 2.45) is 0 Å². The minimum atomic E-state index is -0.642. The van der Waals surface area contributed by atoms with Gasteiger partial charge < -0.3 is 24.4 Å². The maximum absolute atomic E-state index is 11.8. The fourth-order valence-corrected chi connectivity index (χ4v) is 2.69. The molecular weight excluding hydrogens is 324 g/mol. The minimum Gasteiger partial charge on any atom is -0.466 e. The molecule has 0 spiro atoms. The zero-order chi connectivity index (χ0) is 18.2. The summed E-state index contributed by atoms with van der Waals surface area (Å²) in [6.45, 7) is 1.89. The van der Waals surface area contributed by atoms with Gasteiger partial charge in [-0.15, -0.1) is 0 Å². The summed E-state index contributed by atoms with van der Waals surface area (Å²) in [4.78, 5) is 25.4. The first-order valence-electron chi connectivity index (χ1n) is 8.10. The Morgan fingerprint density at radius 3 is 2.24 bits per heavy atom. The maximum Gasteiger partial charge on any atom is 0.354 e. The fraction of sp³-hybridized carbons (Fsp3) is 0.444. The molecule has 7 heteroatoms. The molecule has 1 N–H and O–H groups in total. The number of piperidine rings is 1. The molecule has 0 bridgehead atoms. The van der Waals surface area contributed by atoms with E-state index >= 15 is 0 Å².